The molecule has 0 amide bonds. The highest BCUT2D eigenvalue weighted by Crippen LogP contribution is 2.31. The second-order valence-electron chi connectivity index (χ2n) is 10.3. The number of ether oxygens (including phenoxy) is 4. The number of nitriles is 1. The molecule has 236 valence electrons. The van der Waals surface area contributed by atoms with E-state index in [1.165, 1.54) is 12.1 Å². The predicted octanol–water partition coefficient (Wildman–Crippen LogP) is 5.01. The van der Waals surface area contributed by atoms with Crippen LogP contribution in [0.2, 0.25) is 0 Å². The number of hydrogen-bond acceptors (Lipinski definition) is 11. The van der Waals surface area contributed by atoms with Crippen molar-refractivity contribution in [1.82, 2.24) is 0 Å². The van der Waals surface area contributed by atoms with E-state index in [-0.39, 0.29) is 16.7 Å². The lowest BCUT2D eigenvalue weighted by atomic mass is 10.0. The van der Waals surface area contributed by atoms with Crippen LogP contribution in [-0.2, 0) is 23.7 Å². The van der Waals surface area contributed by atoms with Crippen molar-refractivity contribution in [2.24, 2.45) is 5.10 Å². The molecule has 0 aliphatic carbocycles. The zero-order valence-corrected chi connectivity index (χ0v) is 24.9. The summed E-state index contributed by atoms with van der Waals surface area (Å²) in [6.45, 7) is -0.403. The summed E-state index contributed by atoms with van der Waals surface area (Å²) in [5, 5.41) is 13.7. The highest BCUT2D eigenvalue weighted by Gasteiger charge is 2.51. The molecule has 1 fully saturated rings. The number of anilines is 1. The lowest BCUT2D eigenvalue weighted by molar-refractivity contribution is -0.117. The van der Waals surface area contributed by atoms with Gasteiger partial charge in [0.2, 0.25) is 5.71 Å². The summed E-state index contributed by atoms with van der Waals surface area (Å²) in [5.74, 6) is -2.90. The number of carbonyl (C=O) groups excluding carboxylic acids is 4. The van der Waals surface area contributed by atoms with Gasteiger partial charge in [-0.15, -0.1) is 0 Å². The SMILES string of the molecule is N#C/C(=N/Nc1ccccc1)C(=O)C[C@@H]1O[C@H](COC(=O)c2ccccc2)[C@@H](OC(=O)c2ccccc2)[C@H]1OC(=O)c1ccccc1. The van der Waals surface area contributed by atoms with E-state index in [0.717, 1.165) is 0 Å². The summed E-state index contributed by atoms with van der Waals surface area (Å²) < 4.78 is 23.3. The number of nitrogens with one attached hydrogen (secondary N) is 1. The molecule has 1 aliphatic heterocycles. The van der Waals surface area contributed by atoms with Crippen LogP contribution in [0.15, 0.2) is 126 Å². The van der Waals surface area contributed by atoms with Crippen LogP contribution < -0.4 is 5.43 Å². The van der Waals surface area contributed by atoms with E-state index in [9.17, 15) is 24.4 Å². The molecule has 11 heteroatoms. The minimum Gasteiger partial charge on any atom is -0.459 e. The van der Waals surface area contributed by atoms with Crippen LogP contribution in [0.1, 0.15) is 37.5 Å². The molecule has 0 unspecified atom stereocenters. The van der Waals surface area contributed by atoms with Crippen molar-refractivity contribution < 1.29 is 38.1 Å². The van der Waals surface area contributed by atoms with Gasteiger partial charge in [0, 0.05) is 6.42 Å². The van der Waals surface area contributed by atoms with E-state index in [4.69, 9.17) is 18.9 Å². The van der Waals surface area contributed by atoms with Crippen LogP contribution in [0.4, 0.5) is 5.69 Å². The molecule has 47 heavy (non-hydrogen) atoms. The Morgan fingerprint density at radius 3 is 1.60 bits per heavy atom. The molecular weight excluding hydrogens is 602 g/mol. The first-order chi connectivity index (χ1) is 22.9. The fourth-order valence-electron chi connectivity index (χ4n) is 4.80. The van der Waals surface area contributed by atoms with Gasteiger partial charge >= 0.3 is 17.9 Å². The third-order valence-electron chi connectivity index (χ3n) is 7.13. The van der Waals surface area contributed by atoms with E-state index in [0.29, 0.717) is 5.69 Å². The molecule has 0 bridgehead atoms. The van der Waals surface area contributed by atoms with Gasteiger partial charge in [-0.05, 0) is 48.5 Å². The Morgan fingerprint density at radius 1 is 0.660 bits per heavy atom. The molecule has 1 aliphatic rings. The maximum atomic E-state index is 13.4. The number of hydrogen-bond donors (Lipinski definition) is 1. The summed E-state index contributed by atoms with van der Waals surface area (Å²) >= 11 is 0. The lowest BCUT2D eigenvalue weighted by Crippen LogP contribution is -2.42. The maximum Gasteiger partial charge on any atom is 0.338 e. The third kappa shape index (κ3) is 8.54. The van der Waals surface area contributed by atoms with Gasteiger partial charge in [-0.25, -0.2) is 14.4 Å². The van der Waals surface area contributed by atoms with Crippen LogP contribution in [0, 0.1) is 11.3 Å². The summed E-state index contributed by atoms with van der Waals surface area (Å²) in [5.41, 5.74) is 3.46. The van der Waals surface area contributed by atoms with Crippen LogP contribution >= 0.6 is 0 Å². The van der Waals surface area contributed by atoms with E-state index < -0.39 is 66.8 Å². The smallest absolute Gasteiger partial charge is 0.338 e. The number of nitrogens with zero attached hydrogens (tertiary/aromatic N) is 2. The van der Waals surface area contributed by atoms with Crippen molar-refractivity contribution >= 4 is 35.1 Å². The van der Waals surface area contributed by atoms with Crippen molar-refractivity contribution in [2.75, 3.05) is 12.0 Å². The fraction of sp³-hybridized carbons (Fsp3) is 0.167. The monoisotopic (exact) mass is 631 g/mol. The number of carbonyl (C=O) groups is 4. The molecule has 11 nitrogen and oxygen atoms in total. The van der Waals surface area contributed by atoms with Crippen LogP contribution in [0.25, 0.3) is 0 Å². The molecule has 4 aromatic carbocycles. The Morgan fingerprint density at radius 2 is 1.11 bits per heavy atom. The molecule has 5 rings (SSSR count). The molecule has 0 radical (unpaired) electrons. The third-order valence-corrected chi connectivity index (χ3v) is 7.13. The van der Waals surface area contributed by atoms with Crippen molar-refractivity contribution in [2.45, 2.75) is 30.8 Å². The second-order valence-corrected chi connectivity index (χ2v) is 10.3. The Balaban J connectivity index is 1.43. The summed E-state index contributed by atoms with van der Waals surface area (Å²) in [4.78, 5) is 52.7. The van der Waals surface area contributed by atoms with Crippen molar-refractivity contribution in [3.05, 3.63) is 138 Å². The van der Waals surface area contributed by atoms with E-state index in [2.05, 4.69) is 10.5 Å². The highest BCUT2D eigenvalue weighted by molar-refractivity contribution is 6.46. The van der Waals surface area contributed by atoms with Gasteiger partial charge in [0.25, 0.3) is 0 Å². The normalized spacial score (nSPS) is 18.7. The Kier molecular flexibility index (Phi) is 10.8. The zero-order chi connectivity index (χ0) is 33.0. The van der Waals surface area contributed by atoms with Gasteiger partial charge in [-0.3, -0.25) is 10.2 Å². The summed E-state index contributed by atoms with van der Waals surface area (Å²) in [7, 11) is 0. The highest BCUT2D eigenvalue weighted by atomic mass is 16.6. The van der Waals surface area contributed by atoms with Gasteiger partial charge < -0.3 is 18.9 Å². The van der Waals surface area contributed by atoms with Gasteiger partial charge in [-0.1, -0.05) is 72.8 Å². The van der Waals surface area contributed by atoms with Crippen molar-refractivity contribution in [3.63, 3.8) is 0 Å². The average Bonchev–Trinajstić information content (AvgIpc) is 3.43. The zero-order valence-electron chi connectivity index (χ0n) is 24.9. The topological polar surface area (TPSA) is 153 Å². The van der Waals surface area contributed by atoms with Crippen LogP contribution in [-0.4, -0.2) is 60.4 Å². The Hall–Kier alpha value is -6.12. The van der Waals surface area contributed by atoms with Crippen LogP contribution in [0.3, 0.4) is 0 Å². The molecule has 1 heterocycles. The molecular formula is C36H29N3O8. The molecule has 0 spiro atoms. The average molecular weight is 632 g/mol. The fourth-order valence-corrected chi connectivity index (χ4v) is 4.80. The van der Waals surface area contributed by atoms with Crippen molar-refractivity contribution in [3.8, 4) is 6.07 Å². The predicted molar refractivity (Wildman–Crippen MR) is 169 cm³/mol. The molecule has 0 saturated carbocycles. The minimum absolute atomic E-state index is 0.205. The summed E-state index contributed by atoms with van der Waals surface area (Å²) in [6, 6.07) is 35.0. The molecule has 0 aromatic heterocycles. The van der Waals surface area contributed by atoms with E-state index >= 15 is 0 Å². The number of benzene rings is 4. The number of esters is 3. The molecule has 1 saturated heterocycles. The summed E-state index contributed by atoms with van der Waals surface area (Å²) in [6.07, 6.45) is -5.47. The Labute approximate surface area is 270 Å². The van der Waals surface area contributed by atoms with E-state index in [1.807, 2.05) is 0 Å². The molecule has 4 atom stereocenters. The largest absolute Gasteiger partial charge is 0.459 e. The van der Waals surface area contributed by atoms with Gasteiger partial charge in [-0.2, -0.15) is 10.4 Å². The number of Topliss-reactive ketones (excluding diaryl/α,β-unsaturated/α-hetero) is 1. The molecule has 1 N–H and O–H groups in total. The first-order valence-electron chi connectivity index (χ1n) is 14.6. The molecule has 4 aromatic rings. The first-order valence-corrected chi connectivity index (χ1v) is 14.6. The van der Waals surface area contributed by atoms with Crippen molar-refractivity contribution in [1.29, 1.82) is 5.26 Å². The van der Waals surface area contributed by atoms with Gasteiger partial charge in [0.05, 0.1) is 22.4 Å². The minimum atomic E-state index is -1.33. The number of hydrazone groups is 1. The second kappa shape index (κ2) is 15.7. The number of ketones is 1. The van der Waals surface area contributed by atoms with E-state index in [1.54, 1.807) is 115 Å². The van der Waals surface area contributed by atoms with Gasteiger partial charge in [0.1, 0.15) is 24.9 Å². The lowest BCUT2D eigenvalue weighted by Gasteiger charge is -2.24. The number of para-hydroxylation sites is 1. The quantitative estimate of drug-likeness (QED) is 0.0977. The maximum absolute atomic E-state index is 13.4. The van der Waals surface area contributed by atoms with Gasteiger partial charge in [0.15, 0.2) is 18.0 Å². The van der Waals surface area contributed by atoms with Crippen LogP contribution in [0.5, 0.6) is 0 Å². The number of rotatable bonds is 12. The standard InChI is InChI=1S/C36H29N3O8/c37-22-28(39-38-27-19-11-4-12-20-27)29(40)21-30-32(46-35(42)25-15-7-2-8-16-25)33(47-36(43)26-17-9-3-10-18-26)31(45-30)23-44-34(41)24-13-5-1-6-14-24/h1-20,30-33,38H,21,23H2/b39-28-/t30-,31+,32-,33+/m0/s1. The Bertz CT molecular complexity index is 1760. The first kappa shape index (κ1) is 32.3.